The zero-order valence-electron chi connectivity index (χ0n) is 15.1. The first-order chi connectivity index (χ1) is 13.5. The second kappa shape index (κ2) is 8.78. The van der Waals surface area contributed by atoms with Gasteiger partial charge < -0.3 is 20.3 Å². The Kier molecular flexibility index (Phi) is 6.64. The number of rotatable bonds is 7. The average molecular weight is 414 g/mol. The summed E-state index contributed by atoms with van der Waals surface area (Å²) in [4.78, 5) is 21.6. The summed E-state index contributed by atoms with van der Waals surface area (Å²) in [7, 11) is 0. The fourth-order valence-corrected chi connectivity index (χ4v) is 2.40. The minimum Gasteiger partial charge on any atom is -0.504 e. The van der Waals surface area contributed by atoms with Gasteiger partial charge in [0, 0.05) is 6.07 Å². The first-order valence-electron chi connectivity index (χ1n) is 8.30. The van der Waals surface area contributed by atoms with E-state index in [2.05, 4.69) is 0 Å². The van der Waals surface area contributed by atoms with Gasteiger partial charge in [-0.1, -0.05) is 6.07 Å². The third-order valence-corrected chi connectivity index (χ3v) is 3.77. The summed E-state index contributed by atoms with van der Waals surface area (Å²) >= 11 is 0. The summed E-state index contributed by atoms with van der Waals surface area (Å²) in [6.45, 7) is 1.79. The Balaban J connectivity index is 2.24. The molecule has 0 aromatic heterocycles. The quantitative estimate of drug-likeness (QED) is 0.403. The van der Waals surface area contributed by atoms with Crippen LogP contribution in [0.3, 0.4) is 0 Å². The fraction of sp³-hybridized carbons (Fsp3) is 0.278. The van der Waals surface area contributed by atoms with Gasteiger partial charge in [-0.2, -0.15) is 13.2 Å². The zero-order valence-corrected chi connectivity index (χ0v) is 15.1. The maximum atomic E-state index is 12.8. The fourth-order valence-electron chi connectivity index (χ4n) is 2.40. The van der Waals surface area contributed by atoms with Crippen LogP contribution in [0, 0.1) is 10.1 Å². The van der Waals surface area contributed by atoms with Crippen molar-refractivity contribution in [2.75, 3.05) is 6.61 Å². The highest BCUT2D eigenvalue weighted by atomic mass is 19.4. The highest BCUT2D eigenvalue weighted by Crippen LogP contribution is 2.39. The van der Waals surface area contributed by atoms with Gasteiger partial charge in [0.05, 0.1) is 17.1 Å². The SMILES string of the molecule is CCOC(=O)C(N)Cc1ccc(Oc2ccc(C(F)(F)F)cc2[N+](=O)[O-])c(O)c1. The lowest BCUT2D eigenvalue weighted by molar-refractivity contribution is -0.385. The normalized spacial score (nSPS) is 12.3. The van der Waals surface area contributed by atoms with Crippen LogP contribution in [0.4, 0.5) is 18.9 Å². The van der Waals surface area contributed by atoms with E-state index in [1.807, 2.05) is 0 Å². The number of carbonyl (C=O) groups excluding carboxylic acids is 1. The maximum absolute atomic E-state index is 12.8. The van der Waals surface area contributed by atoms with E-state index in [1.165, 1.54) is 18.2 Å². The predicted octanol–water partition coefficient (Wildman–Crippen LogP) is 3.54. The molecule has 2 rings (SSSR count). The zero-order chi connectivity index (χ0) is 21.8. The van der Waals surface area contributed by atoms with Gasteiger partial charge in [-0.05, 0) is 43.2 Å². The number of nitrogens with zero attached hydrogens (tertiary/aromatic N) is 1. The molecule has 11 heteroatoms. The molecule has 2 aromatic rings. The third-order valence-electron chi connectivity index (χ3n) is 3.77. The van der Waals surface area contributed by atoms with Gasteiger partial charge in [0.15, 0.2) is 11.5 Å². The molecule has 0 fully saturated rings. The Bertz CT molecular complexity index is 917. The minimum absolute atomic E-state index is 0.0487. The van der Waals surface area contributed by atoms with Crippen LogP contribution in [-0.2, 0) is 22.1 Å². The molecule has 0 amide bonds. The molecule has 0 saturated heterocycles. The molecule has 0 radical (unpaired) electrons. The topological polar surface area (TPSA) is 125 Å². The van der Waals surface area contributed by atoms with E-state index in [-0.39, 0.29) is 18.8 Å². The van der Waals surface area contributed by atoms with E-state index in [4.69, 9.17) is 15.2 Å². The number of aromatic hydroxyl groups is 1. The number of phenols is 1. The summed E-state index contributed by atoms with van der Waals surface area (Å²) in [5, 5.41) is 21.2. The molecule has 0 aliphatic carbocycles. The van der Waals surface area contributed by atoms with Crippen LogP contribution in [0.15, 0.2) is 36.4 Å². The molecule has 3 N–H and O–H groups in total. The first-order valence-corrected chi connectivity index (χ1v) is 8.30. The second-order valence-corrected chi connectivity index (χ2v) is 5.90. The van der Waals surface area contributed by atoms with Crippen molar-refractivity contribution in [3.8, 4) is 17.2 Å². The molecule has 2 aromatic carbocycles. The van der Waals surface area contributed by atoms with Crippen molar-refractivity contribution in [3.05, 3.63) is 57.6 Å². The van der Waals surface area contributed by atoms with Gasteiger partial charge in [0.25, 0.3) is 0 Å². The number of halogens is 3. The molecule has 0 aliphatic heterocycles. The predicted molar refractivity (Wildman–Crippen MR) is 94.6 cm³/mol. The molecule has 8 nitrogen and oxygen atoms in total. The third kappa shape index (κ3) is 5.57. The van der Waals surface area contributed by atoms with Crippen LogP contribution in [0.2, 0.25) is 0 Å². The van der Waals surface area contributed by atoms with Crippen molar-refractivity contribution in [2.24, 2.45) is 5.73 Å². The molecule has 29 heavy (non-hydrogen) atoms. The molecule has 0 spiro atoms. The van der Waals surface area contributed by atoms with Crippen molar-refractivity contribution >= 4 is 11.7 Å². The van der Waals surface area contributed by atoms with Crippen molar-refractivity contribution in [2.45, 2.75) is 25.6 Å². The van der Waals surface area contributed by atoms with E-state index in [9.17, 15) is 33.2 Å². The van der Waals surface area contributed by atoms with Crippen LogP contribution in [0.5, 0.6) is 17.2 Å². The number of ether oxygens (including phenoxy) is 2. The van der Waals surface area contributed by atoms with Crippen molar-refractivity contribution < 1.29 is 37.5 Å². The van der Waals surface area contributed by atoms with Crippen molar-refractivity contribution in [3.63, 3.8) is 0 Å². The number of nitrogens with two attached hydrogens (primary N) is 1. The number of phenolic OH excluding ortho intramolecular Hbond substituents is 1. The molecular formula is C18H17F3N2O6. The van der Waals surface area contributed by atoms with Crippen LogP contribution in [0.1, 0.15) is 18.1 Å². The Morgan fingerprint density at radius 2 is 1.90 bits per heavy atom. The van der Waals surface area contributed by atoms with Crippen molar-refractivity contribution in [1.29, 1.82) is 0 Å². The number of carbonyl (C=O) groups is 1. The summed E-state index contributed by atoms with van der Waals surface area (Å²) in [6.07, 6.45) is -4.71. The molecule has 0 aliphatic rings. The number of esters is 1. The Morgan fingerprint density at radius 3 is 2.45 bits per heavy atom. The highest BCUT2D eigenvalue weighted by molar-refractivity contribution is 5.75. The molecule has 1 unspecified atom stereocenters. The smallest absolute Gasteiger partial charge is 0.416 e. The number of nitro groups is 1. The van der Waals surface area contributed by atoms with E-state index in [0.29, 0.717) is 17.7 Å². The Labute approximate surface area is 162 Å². The lowest BCUT2D eigenvalue weighted by atomic mass is 10.1. The van der Waals surface area contributed by atoms with Gasteiger partial charge in [0.1, 0.15) is 6.04 Å². The number of nitro benzene ring substituents is 1. The summed E-state index contributed by atoms with van der Waals surface area (Å²) in [5.74, 6) is -1.75. The van der Waals surface area contributed by atoms with E-state index < -0.39 is 45.9 Å². The van der Waals surface area contributed by atoms with Crippen molar-refractivity contribution in [1.82, 2.24) is 0 Å². The van der Waals surface area contributed by atoms with Gasteiger partial charge >= 0.3 is 17.8 Å². The molecule has 0 saturated carbocycles. The number of hydrogen-bond acceptors (Lipinski definition) is 7. The highest BCUT2D eigenvalue weighted by Gasteiger charge is 2.33. The van der Waals surface area contributed by atoms with Gasteiger partial charge in [-0.3, -0.25) is 14.9 Å². The molecule has 1 atom stereocenters. The maximum Gasteiger partial charge on any atom is 0.416 e. The van der Waals surface area contributed by atoms with Crippen LogP contribution < -0.4 is 10.5 Å². The van der Waals surface area contributed by atoms with E-state index >= 15 is 0 Å². The average Bonchev–Trinajstić information content (AvgIpc) is 2.63. The first kappa shape index (κ1) is 22.0. The lowest BCUT2D eigenvalue weighted by Gasteiger charge is -2.13. The van der Waals surface area contributed by atoms with Gasteiger partial charge in [-0.25, -0.2) is 0 Å². The molecule has 0 bridgehead atoms. The lowest BCUT2D eigenvalue weighted by Crippen LogP contribution is -2.34. The largest absolute Gasteiger partial charge is 0.504 e. The van der Waals surface area contributed by atoms with E-state index in [0.717, 1.165) is 6.07 Å². The summed E-state index contributed by atoms with van der Waals surface area (Å²) in [5.41, 5.74) is 4.04. The summed E-state index contributed by atoms with van der Waals surface area (Å²) in [6, 6.07) is 4.74. The standard InChI is InChI=1S/C18H17F3N2O6/c1-2-28-17(25)12(22)7-10-3-5-16(14(24)8-10)29-15-6-4-11(18(19,20)21)9-13(15)23(26)27/h3-6,8-9,12,24H,2,7,22H2,1H3. The monoisotopic (exact) mass is 414 g/mol. The number of hydrogen-bond donors (Lipinski definition) is 2. The van der Waals surface area contributed by atoms with Gasteiger partial charge in [-0.15, -0.1) is 0 Å². The molecule has 156 valence electrons. The number of benzene rings is 2. The summed E-state index contributed by atoms with van der Waals surface area (Å²) < 4.78 is 48.3. The number of alkyl halides is 3. The van der Waals surface area contributed by atoms with E-state index in [1.54, 1.807) is 6.92 Å². The molecular weight excluding hydrogens is 397 g/mol. The second-order valence-electron chi connectivity index (χ2n) is 5.90. The minimum atomic E-state index is -4.76. The Morgan fingerprint density at radius 1 is 1.24 bits per heavy atom. The molecule has 0 heterocycles. The van der Waals surface area contributed by atoms with Crippen LogP contribution in [-0.4, -0.2) is 28.6 Å². The van der Waals surface area contributed by atoms with Crippen LogP contribution in [0.25, 0.3) is 0 Å². The van der Waals surface area contributed by atoms with Gasteiger partial charge in [0.2, 0.25) is 5.75 Å². The Hall–Kier alpha value is -3.34. The van der Waals surface area contributed by atoms with Crippen LogP contribution >= 0.6 is 0 Å².